The summed E-state index contributed by atoms with van der Waals surface area (Å²) in [6.07, 6.45) is 7.40. The van der Waals surface area contributed by atoms with Gasteiger partial charge in [-0.3, -0.25) is 0 Å². The first-order valence-corrected chi connectivity index (χ1v) is 10.1. The van der Waals surface area contributed by atoms with E-state index in [4.69, 9.17) is 4.55 Å². The Morgan fingerprint density at radius 3 is 2.26 bits per heavy atom. The Morgan fingerprint density at radius 1 is 1.09 bits per heavy atom. The minimum atomic E-state index is 0.773. The Morgan fingerprint density at radius 2 is 1.74 bits per heavy atom. The van der Waals surface area contributed by atoms with Crippen molar-refractivity contribution in [3.05, 3.63) is 90.0 Å². The summed E-state index contributed by atoms with van der Waals surface area (Å²) in [6, 6.07) is 16.7. The Hall–Kier alpha value is -1.20. The van der Waals surface area contributed by atoms with Crippen LogP contribution in [0, 0.1) is 0 Å². The Labute approximate surface area is 154 Å². The fourth-order valence-corrected chi connectivity index (χ4v) is 2.46. The number of allylic oxidation sites excluding steroid dienone is 4. The first-order valence-electron chi connectivity index (χ1n) is 6.82. The zero-order chi connectivity index (χ0) is 17.1. The van der Waals surface area contributed by atoms with Gasteiger partial charge in [0, 0.05) is 4.47 Å². The van der Waals surface area contributed by atoms with Crippen LogP contribution in [0.25, 0.3) is 16.7 Å². The normalized spacial score (nSPS) is 10.5. The lowest BCUT2D eigenvalue weighted by molar-refractivity contribution is 0.676. The molecule has 0 radical (unpaired) electrons. The van der Waals surface area contributed by atoms with Crippen LogP contribution >= 0.6 is 37.8 Å². The van der Waals surface area contributed by atoms with Gasteiger partial charge >= 0.3 is 0 Å². The smallest absolute Gasteiger partial charge is 0.0590 e. The van der Waals surface area contributed by atoms with Crippen LogP contribution < -0.4 is 0 Å². The third kappa shape index (κ3) is 6.83. The molecule has 0 saturated heterocycles. The molecule has 0 aliphatic heterocycles. The van der Waals surface area contributed by atoms with Gasteiger partial charge < -0.3 is 4.55 Å². The van der Waals surface area contributed by atoms with Gasteiger partial charge in [0.15, 0.2) is 0 Å². The quantitative estimate of drug-likeness (QED) is 0.318. The second-order valence-electron chi connectivity index (χ2n) is 4.40. The summed E-state index contributed by atoms with van der Waals surface area (Å²) < 4.78 is 8.81. The van der Waals surface area contributed by atoms with E-state index in [0.717, 1.165) is 26.7 Å². The summed E-state index contributed by atoms with van der Waals surface area (Å²) in [4.78, 5) is 0. The highest BCUT2D eigenvalue weighted by Gasteiger charge is 2.03. The van der Waals surface area contributed by atoms with Gasteiger partial charge in [-0.1, -0.05) is 88.4 Å². The molecule has 0 fully saturated rings. The molecule has 0 aromatic heterocycles. The molecule has 2 aromatic rings. The topological polar surface area (TPSA) is 20.2 Å². The maximum Gasteiger partial charge on any atom is 0.0590 e. The van der Waals surface area contributed by atoms with Gasteiger partial charge in [0.05, 0.1) is 11.1 Å². The summed E-state index contributed by atoms with van der Waals surface area (Å²) >= 11 is 4.34. The third-order valence-electron chi connectivity index (χ3n) is 2.93. The standard InChI is InChI=1S/C18H15Br.CH4OS2/c1-3-8-14(4-2)16-11-17(13-18(19)12-16)15-9-6-5-7-10-15;1-3-4-2/h3-13H,1-2H2;2H,1H3/b14-8+;. The molecular weight excluding hydrogens is 388 g/mol. The minimum absolute atomic E-state index is 0.773. The summed E-state index contributed by atoms with van der Waals surface area (Å²) in [5, 5.41) is 0. The van der Waals surface area contributed by atoms with Gasteiger partial charge in [0.2, 0.25) is 0 Å². The van der Waals surface area contributed by atoms with E-state index in [1.165, 1.54) is 21.9 Å². The second kappa shape index (κ2) is 11.4. The highest BCUT2D eigenvalue weighted by atomic mass is 79.9. The van der Waals surface area contributed by atoms with E-state index in [1.807, 2.05) is 36.6 Å². The molecule has 1 nitrogen and oxygen atoms in total. The van der Waals surface area contributed by atoms with E-state index >= 15 is 0 Å². The van der Waals surface area contributed by atoms with Crippen LogP contribution in [0.3, 0.4) is 0 Å². The van der Waals surface area contributed by atoms with E-state index in [-0.39, 0.29) is 0 Å². The monoisotopic (exact) mass is 406 g/mol. The molecule has 23 heavy (non-hydrogen) atoms. The Balaban J connectivity index is 0.000000593. The van der Waals surface area contributed by atoms with Gasteiger partial charge in [-0.05, 0) is 46.7 Å². The number of rotatable bonds is 5. The van der Waals surface area contributed by atoms with Crippen LogP contribution in [0.2, 0.25) is 0 Å². The molecule has 0 aliphatic rings. The van der Waals surface area contributed by atoms with E-state index in [0.29, 0.717) is 0 Å². The number of hydrogen-bond donors (Lipinski definition) is 1. The predicted molar refractivity (Wildman–Crippen MR) is 112 cm³/mol. The molecule has 0 aliphatic carbocycles. The molecule has 2 aromatic carbocycles. The van der Waals surface area contributed by atoms with E-state index in [1.54, 1.807) is 6.08 Å². The number of hydrogen-bond acceptors (Lipinski definition) is 3. The van der Waals surface area contributed by atoms with Crippen LogP contribution in [-0.2, 0) is 0 Å². The maximum absolute atomic E-state index is 7.75. The van der Waals surface area contributed by atoms with Crippen LogP contribution in [0.5, 0.6) is 0 Å². The second-order valence-corrected chi connectivity index (χ2v) is 7.24. The van der Waals surface area contributed by atoms with Crippen molar-refractivity contribution < 1.29 is 4.55 Å². The largest absolute Gasteiger partial charge is 0.321 e. The fraction of sp³-hybridized carbons (Fsp3) is 0.0526. The van der Waals surface area contributed by atoms with E-state index < -0.39 is 0 Å². The average molecular weight is 407 g/mol. The summed E-state index contributed by atoms with van der Waals surface area (Å²) in [5.41, 5.74) is 4.57. The van der Waals surface area contributed by atoms with Crippen LogP contribution in [0.15, 0.2) is 84.4 Å². The van der Waals surface area contributed by atoms with Crippen LogP contribution in [0.1, 0.15) is 5.56 Å². The molecule has 0 bridgehead atoms. The number of benzene rings is 2. The van der Waals surface area contributed by atoms with Crippen molar-refractivity contribution in [3.8, 4) is 11.1 Å². The number of halogens is 1. The van der Waals surface area contributed by atoms with Crippen molar-refractivity contribution in [2.75, 3.05) is 6.26 Å². The molecule has 0 spiro atoms. The van der Waals surface area contributed by atoms with Gasteiger partial charge in [-0.15, -0.1) is 0 Å². The van der Waals surface area contributed by atoms with Crippen molar-refractivity contribution >= 4 is 43.4 Å². The minimum Gasteiger partial charge on any atom is -0.321 e. The fourth-order valence-electron chi connectivity index (χ4n) is 1.96. The highest BCUT2D eigenvalue weighted by molar-refractivity contribution is 9.10. The lowest BCUT2D eigenvalue weighted by atomic mass is 9.99. The van der Waals surface area contributed by atoms with Crippen molar-refractivity contribution in [3.63, 3.8) is 0 Å². The lowest BCUT2D eigenvalue weighted by Crippen LogP contribution is -1.85. The molecule has 120 valence electrons. The molecule has 0 amide bonds. The molecule has 0 atom stereocenters. The van der Waals surface area contributed by atoms with E-state index in [9.17, 15) is 0 Å². The van der Waals surface area contributed by atoms with Gasteiger partial charge in [-0.25, -0.2) is 0 Å². The molecule has 1 N–H and O–H groups in total. The van der Waals surface area contributed by atoms with Crippen molar-refractivity contribution in [1.29, 1.82) is 0 Å². The Bertz CT molecular complexity index is 664. The average Bonchev–Trinajstić information content (AvgIpc) is 2.60. The summed E-state index contributed by atoms with van der Waals surface area (Å²) in [7, 11) is 1.33. The molecular formula is C19H19BrOS2. The van der Waals surface area contributed by atoms with Crippen molar-refractivity contribution in [2.24, 2.45) is 0 Å². The zero-order valence-corrected chi connectivity index (χ0v) is 16.1. The lowest BCUT2D eigenvalue weighted by Gasteiger charge is -2.08. The van der Waals surface area contributed by atoms with Gasteiger partial charge in [0.1, 0.15) is 0 Å². The Kier molecular flexibility index (Phi) is 9.80. The third-order valence-corrected chi connectivity index (χ3v) is 3.98. The molecule has 2 rings (SSSR count). The molecule has 0 heterocycles. The highest BCUT2D eigenvalue weighted by Crippen LogP contribution is 2.28. The van der Waals surface area contributed by atoms with Gasteiger partial charge in [0.25, 0.3) is 0 Å². The summed E-state index contributed by atoms with van der Waals surface area (Å²) in [5.74, 6) is 0. The first kappa shape index (κ1) is 19.8. The van der Waals surface area contributed by atoms with Crippen LogP contribution in [0.4, 0.5) is 0 Å². The van der Waals surface area contributed by atoms with Gasteiger partial charge in [-0.2, -0.15) is 0 Å². The maximum atomic E-state index is 7.75. The summed E-state index contributed by atoms with van der Waals surface area (Å²) in [6.45, 7) is 7.60. The first-order chi connectivity index (χ1) is 11.2. The van der Waals surface area contributed by atoms with Crippen molar-refractivity contribution in [2.45, 2.75) is 0 Å². The van der Waals surface area contributed by atoms with E-state index in [2.05, 4.69) is 59.4 Å². The van der Waals surface area contributed by atoms with Crippen LogP contribution in [-0.4, -0.2) is 10.8 Å². The van der Waals surface area contributed by atoms with Crippen molar-refractivity contribution in [1.82, 2.24) is 0 Å². The molecule has 4 heteroatoms. The molecule has 0 saturated carbocycles. The SMILES string of the molecule is C=C/C=C(\C=C)c1cc(Br)cc(-c2ccccc2)c1.CSSO. The molecule has 0 unspecified atom stereocenters. The predicted octanol–water partition coefficient (Wildman–Crippen LogP) is 7.34. The zero-order valence-electron chi connectivity index (χ0n) is 12.9.